The Balaban J connectivity index is 3.05. The van der Waals surface area contributed by atoms with E-state index in [4.69, 9.17) is 16.3 Å². The standard InChI is InChI=1S/C13H17ClO2/c1-4-13(3,16-5-2)12(15)10-8-6-7-9-11(10)14/h6-9H,4-5H2,1-3H3. The number of ether oxygens (including phenoxy) is 1. The number of carbonyl (C=O) groups excluding carboxylic acids is 1. The minimum absolute atomic E-state index is 0.0533. The van der Waals surface area contributed by atoms with Gasteiger partial charge in [0.1, 0.15) is 5.60 Å². The first-order valence-electron chi connectivity index (χ1n) is 5.48. The second kappa shape index (κ2) is 5.46. The van der Waals surface area contributed by atoms with Crippen molar-refractivity contribution in [3.8, 4) is 0 Å². The van der Waals surface area contributed by atoms with Crippen LogP contribution in [0.2, 0.25) is 5.02 Å². The number of rotatable bonds is 5. The monoisotopic (exact) mass is 240 g/mol. The van der Waals surface area contributed by atoms with E-state index in [1.165, 1.54) is 0 Å². The summed E-state index contributed by atoms with van der Waals surface area (Å²) in [4.78, 5) is 12.3. The highest BCUT2D eigenvalue weighted by atomic mass is 35.5. The normalized spacial score (nSPS) is 14.5. The molecule has 0 saturated carbocycles. The van der Waals surface area contributed by atoms with Crippen LogP contribution in [0.4, 0.5) is 0 Å². The smallest absolute Gasteiger partial charge is 0.195 e. The molecule has 0 heterocycles. The molecule has 1 atom stereocenters. The zero-order valence-corrected chi connectivity index (χ0v) is 10.7. The van der Waals surface area contributed by atoms with Gasteiger partial charge in [0, 0.05) is 12.2 Å². The van der Waals surface area contributed by atoms with Gasteiger partial charge in [0.2, 0.25) is 0 Å². The molecule has 3 heteroatoms. The molecule has 0 aliphatic rings. The third-order valence-corrected chi connectivity index (χ3v) is 3.07. The number of hydrogen-bond donors (Lipinski definition) is 0. The Morgan fingerprint density at radius 2 is 2.00 bits per heavy atom. The van der Waals surface area contributed by atoms with E-state index in [1.807, 2.05) is 26.8 Å². The van der Waals surface area contributed by atoms with Crippen LogP contribution in [-0.4, -0.2) is 18.0 Å². The zero-order chi connectivity index (χ0) is 12.2. The van der Waals surface area contributed by atoms with Crippen molar-refractivity contribution in [1.82, 2.24) is 0 Å². The average Bonchev–Trinajstić information content (AvgIpc) is 2.29. The topological polar surface area (TPSA) is 26.3 Å². The van der Waals surface area contributed by atoms with Crippen molar-refractivity contribution in [2.24, 2.45) is 0 Å². The van der Waals surface area contributed by atoms with Crippen LogP contribution in [0, 0.1) is 0 Å². The highest BCUT2D eigenvalue weighted by Crippen LogP contribution is 2.25. The maximum atomic E-state index is 12.3. The highest BCUT2D eigenvalue weighted by molar-refractivity contribution is 6.34. The summed E-state index contributed by atoms with van der Waals surface area (Å²) in [5, 5.41) is 0.479. The molecule has 1 aromatic rings. The van der Waals surface area contributed by atoms with Gasteiger partial charge in [0.05, 0.1) is 5.02 Å². The van der Waals surface area contributed by atoms with E-state index in [-0.39, 0.29) is 5.78 Å². The second-order valence-electron chi connectivity index (χ2n) is 3.83. The van der Waals surface area contributed by atoms with E-state index in [0.29, 0.717) is 23.6 Å². The summed E-state index contributed by atoms with van der Waals surface area (Å²) in [6, 6.07) is 7.07. The Labute approximate surface area is 102 Å². The van der Waals surface area contributed by atoms with E-state index in [0.717, 1.165) is 0 Å². The summed E-state index contributed by atoms with van der Waals surface area (Å²) in [6.45, 7) is 6.14. The summed E-state index contributed by atoms with van der Waals surface area (Å²) in [7, 11) is 0. The Morgan fingerprint density at radius 1 is 1.38 bits per heavy atom. The summed E-state index contributed by atoms with van der Waals surface area (Å²) in [6.07, 6.45) is 0.630. The molecule has 0 saturated heterocycles. The first-order chi connectivity index (χ1) is 7.55. The molecule has 1 unspecified atom stereocenters. The maximum Gasteiger partial charge on any atom is 0.195 e. The Hall–Kier alpha value is -0.860. The minimum Gasteiger partial charge on any atom is -0.367 e. The Kier molecular flexibility index (Phi) is 4.51. The van der Waals surface area contributed by atoms with Gasteiger partial charge in [-0.15, -0.1) is 0 Å². The summed E-state index contributed by atoms with van der Waals surface area (Å²) >= 11 is 6.01. The van der Waals surface area contributed by atoms with E-state index in [2.05, 4.69) is 0 Å². The van der Waals surface area contributed by atoms with Crippen LogP contribution in [0.1, 0.15) is 37.6 Å². The fraction of sp³-hybridized carbons (Fsp3) is 0.462. The van der Waals surface area contributed by atoms with Crippen molar-refractivity contribution in [3.63, 3.8) is 0 Å². The van der Waals surface area contributed by atoms with Gasteiger partial charge in [-0.2, -0.15) is 0 Å². The average molecular weight is 241 g/mol. The van der Waals surface area contributed by atoms with Crippen molar-refractivity contribution < 1.29 is 9.53 Å². The van der Waals surface area contributed by atoms with E-state index in [1.54, 1.807) is 18.2 Å². The number of Topliss-reactive ketones (excluding diaryl/α,β-unsaturated/α-hetero) is 1. The number of carbonyl (C=O) groups is 1. The number of hydrogen-bond acceptors (Lipinski definition) is 2. The fourth-order valence-electron chi connectivity index (χ4n) is 1.58. The largest absolute Gasteiger partial charge is 0.367 e. The van der Waals surface area contributed by atoms with Gasteiger partial charge < -0.3 is 4.74 Å². The van der Waals surface area contributed by atoms with Crippen LogP contribution in [0.5, 0.6) is 0 Å². The molecule has 1 aromatic carbocycles. The van der Waals surface area contributed by atoms with Gasteiger partial charge in [-0.25, -0.2) is 0 Å². The molecule has 2 nitrogen and oxygen atoms in total. The van der Waals surface area contributed by atoms with Gasteiger partial charge >= 0.3 is 0 Å². The van der Waals surface area contributed by atoms with Gasteiger partial charge in [-0.05, 0) is 32.4 Å². The van der Waals surface area contributed by atoms with E-state index >= 15 is 0 Å². The molecule has 0 amide bonds. The molecule has 16 heavy (non-hydrogen) atoms. The van der Waals surface area contributed by atoms with Gasteiger partial charge in [-0.3, -0.25) is 4.79 Å². The van der Waals surface area contributed by atoms with Gasteiger partial charge in [-0.1, -0.05) is 30.7 Å². The second-order valence-corrected chi connectivity index (χ2v) is 4.23. The van der Waals surface area contributed by atoms with E-state index < -0.39 is 5.60 Å². The predicted molar refractivity (Wildman–Crippen MR) is 66.1 cm³/mol. The zero-order valence-electron chi connectivity index (χ0n) is 9.92. The van der Waals surface area contributed by atoms with Crippen molar-refractivity contribution >= 4 is 17.4 Å². The molecule has 0 aromatic heterocycles. The lowest BCUT2D eigenvalue weighted by atomic mass is 9.92. The molecular weight excluding hydrogens is 224 g/mol. The maximum absolute atomic E-state index is 12.3. The lowest BCUT2D eigenvalue weighted by Gasteiger charge is -2.26. The van der Waals surface area contributed by atoms with Gasteiger partial charge in [0.15, 0.2) is 5.78 Å². The molecular formula is C13H17ClO2. The fourth-order valence-corrected chi connectivity index (χ4v) is 1.80. The molecule has 0 radical (unpaired) electrons. The first-order valence-corrected chi connectivity index (χ1v) is 5.86. The summed E-state index contributed by atoms with van der Waals surface area (Å²) in [5.74, 6) is -0.0533. The molecule has 88 valence electrons. The van der Waals surface area contributed by atoms with Crippen molar-refractivity contribution in [1.29, 1.82) is 0 Å². The summed E-state index contributed by atoms with van der Waals surface area (Å²) < 4.78 is 5.54. The molecule has 0 spiro atoms. The molecule has 1 rings (SSSR count). The predicted octanol–water partition coefficient (Wildman–Crippen LogP) is 3.73. The first kappa shape index (κ1) is 13.2. The number of halogens is 1. The number of ketones is 1. The van der Waals surface area contributed by atoms with Crippen molar-refractivity contribution in [3.05, 3.63) is 34.9 Å². The molecule has 0 aliphatic heterocycles. The lowest BCUT2D eigenvalue weighted by molar-refractivity contribution is -0.0115. The minimum atomic E-state index is -0.778. The Morgan fingerprint density at radius 3 is 2.50 bits per heavy atom. The van der Waals surface area contributed by atoms with Crippen LogP contribution in [0.25, 0.3) is 0 Å². The quantitative estimate of drug-likeness (QED) is 0.733. The molecule has 0 N–H and O–H groups in total. The molecule has 0 aliphatic carbocycles. The third kappa shape index (κ3) is 2.63. The third-order valence-electron chi connectivity index (χ3n) is 2.74. The van der Waals surface area contributed by atoms with Crippen molar-refractivity contribution in [2.75, 3.05) is 6.61 Å². The molecule has 0 bridgehead atoms. The number of benzene rings is 1. The van der Waals surface area contributed by atoms with Crippen LogP contribution in [-0.2, 0) is 4.74 Å². The SMILES string of the molecule is CCOC(C)(CC)C(=O)c1ccccc1Cl. The van der Waals surface area contributed by atoms with E-state index in [9.17, 15) is 4.79 Å². The van der Waals surface area contributed by atoms with Crippen molar-refractivity contribution in [2.45, 2.75) is 32.8 Å². The van der Waals surface area contributed by atoms with Crippen LogP contribution in [0.15, 0.2) is 24.3 Å². The lowest BCUT2D eigenvalue weighted by Crippen LogP contribution is -2.38. The highest BCUT2D eigenvalue weighted by Gasteiger charge is 2.33. The molecule has 0 fully saturated rings. The van der Waals surface area contributed by atoms with Crippen LogP contribution < -0.4 is 0 Å². The van der Waals surface area contributed by atoms with Crippen LogP contribution in [0.3, 0.4) is 0 Å². The Bertz CT molecular complexity index is 376. The van der Waals surface area contributed by atoms with Gasteiger partial charge in [0.25, 0.3) is 0 Å². The summed E-state index contributed by atoms with van der Waals surface area (Å²) in [5.41, 5.74) is -0.248. The van der Waals surface area contributed by atoms with Crippen LogP contribution >= 0.6 is 11.6 Å².